The van der Waals surface area contributed by atoms with E-state index >= 15 is 0 Å². The summed E-state index contributed by atoms with van der Waals surface area (Å²) in [7, 11) is 0. The third-order valence-electron chi connectivity index (χ3n) is 2.13. The Morgan fingerprint density at radius 1 is 1.33 bits per heavy atom. The summed E-state index contributed by atoms with van der Waals surface area (Å²) in [4.78, 5) is 0. The molecule has 0 bridgehead atoms. The summed E-state index contributed by atoms with van der Waals surface area (Å²) in [6.07, 6.45) is 0. The van der Waals surface area contributed by atoms with Crippen LogP contribution in [0.2, 0.25) is 0 Å². The molecule has 0 radical (unpaired) electrons. The van der Waals surface area contributed by atoms with Crippen LogP contribution in [0.15, 0.2) is 21.0 Å². The lowest BCUT2D eigenvalue weighted by atomic mass is 10.1. The maximum absolute atomic E-state index is 13.6. The molecule has 1 rings (SSSR count). The molecule has 0 aliphatic heterocycles. The van der Waals surface area contributed by atoms with Crippen LogP contribution in [0.3, 0.4) is 0 Å². The van der Waals surface area contributed by atoms with E-state index in [0.717, 1.165) is 6.07 Å². The van der Waals surface area contributed by atoms with Gasteiger partial charge in [-0.15, -0.1) is 0 Å². The predicted octanol–water partition coefficient (Wildman–Crippen LogP) is 4.00. The minimum absolute atomic E-state index is 0.0134. The van der Waals surface area contributed by atoms with E-state index in [2.05, 4.69) is 20.3 Å². The van der Waals surface area contributed by atoms with Crippen LogP contribution in [0.1, 0.15) is 33.3 Å². The zero-order valence-electron chi connectivity index (χ0n) is 10.6. The lowest BCUT2D eigenvalue weighted by Gasteiger charge is -2.18. The Bertz CT molecular complexity index is 486. The second-order valence-electron chi connectivity index (χ2n) is 4.79. The van der Waals surface area contributed by atoms with Crippen LogP contribution < -0.4 is 0 Å². The average Bonchev–Trinajstić information content (AvgIpc) is 2.21. The fraction of sp³-hybridized carbons (Fsp3) is 0.417. The second-order valence-corrected chi connectivity index (χ2v) is 7.61. The quantitative estimate of drug-likeness (QED) is 0.456. The van der Waals surface area contributed by atoms with Crippen LogP contribution >= 0.6 is 15.9 Å². The number of nitrogens with zero attached hydrogens (tertiary/aromatic N) is 1. The Morgan fingerprint density at radius 3 is 2.39 bits per heavy atom. The summed E-state index contributed by atoms with van der Waals surface area (Å²) in [6, 6.07) is 2.45. The molecule has 0 aliphatic carbocycles. The highest BCUT2D eigenvalue weighted by Gasteiger charge is 2.27. The van der Waals surface area contributed by atoms with E-state index in [1.807, 2.05) is 0 Å². The topological polar surface area (TPSA) is 35.4 Å². The van der Waals surface area contributed by atoms with Crippen LogP contribution in [-0.4, -0.2) is 15.0 Å². The van der Waals surface area contributed by atoms with Crippen molar-refractivity contribution in [2.45, 2.75) is 32.4 Å². The molecule has 100 valence electrons. The molecule has 1 atom stereocenters. The van der Waals surface area contributed by atoms with Crippen molar-refractivity contribution in [3.8, 4) is 0 Å². The second kappa shape index (κ2) is 5.67. The molecule has 0 aromatic heterocycles. The van der Waals surface area contributed by atoms with E-state index in [1.165, 1.54) is 13.0 Å². The summed E-state index contributed by atoms with van der Waals surface area (Å²) in [5.74, 6) is -1.94. The molecule has 1 unspecified atom stereocenters. The Morgan fingerprint density at radius 2 is 1.89 bits per heavy atom. The summed E-state index contributed by atoms with van der Waals surface area (Å²) in [6.45, 7) is 6.79. The van der Waals surface area contributed by atoms with Crippen molar-refractivity contribution in [3.05, 3.63) is 33.8 Å². The van der Waals surface area contributed by atoms with Crippen LogP contribution in [0.5, 0.6) is 0 Å². The first kappa shape index (κ1) is 15.6. The zero-order valence-corrected chi connectivity index (χ0v) is 13.0. The molecule has 6 heteroatoms. The minimum atomic E-state index is -1.51. The number of halogens is 3. The zero-order chi connectivity index (χ0) is 14.1. The maximum atomic E-state index is 13.6. The predicted molar refractivity (Wildman–Crippen MR) is 74.2 cm³/mol. The Kier molecular flexibility index (Phi) is 4.91. The van der Waals surface area contributed by atoms with Gasteiger partial charge in [0.05, 0.1) is 5.71 Å². The van der Waals surface area contributed by atoms with Crippen LogP contribution in [0, 0.1) is 11.6 Å². The van der Waals surface area contributed by atoms with E-state index in [0.29, 0.717) is 4.47 Å². The molecule has 0 saturated heterocycles. The molecular formula is C12H14BrF2NOS. The van der Waals surface area contributed by atoms with E-state index < -0.39 is 27.7 Å². The number of benzene rings is 1. The van der Waals surface area contributed by atoms with Crippen LogP contribution in [-0.2, 0) is 11.4 Å². The van der Waals surface area contributed by atoms with Gasteiger partial charge in [-0.3, -0.25) is 0 Å². The normalized spacial score (nSPS) is 14.8. The van der Waals surface area contributed by atoms with Crippen LogP contribution in [0.25, 0.3) is 0 Å². The summed E-state index contributed by atoms with van der Waals surface area (Å²) in [5.41, 5.74) is 0.223. The van der Waals surface area contributed by atoms with Gasteiger partial charge < -0.3 is 4.55 Å². The smallest absolute Gasteiger partial charge is 0.168 e. The lowest BCUT2D eigenvalue weighted by molar-refractivity contribution is 0.506. The molecular weight excluding hydrogens is 324 g/mol. The van der Waals surface area contributed by atoms with Gasteiger partial charge in [-0.25, -0.2) is 8.78 Å². The number of rotatable bonds is 2. The van der Waals surface area contributed by atoms with Crippen LogP contribution in [0.4, 0.5) is 8.78 Å². The molecule has 0 spiro atoms. The van der Waals surface area contributed by atoms with Crippen molar-refractivity contribution in [2.75, 3.05) is 0 Å². The van der Waals surface area contributed by atoms with Gasteiger partial charge >= 0.3 is 0 Å². The van der Waals surface area contributed by atoms with E-state index in [-0.39, 0.29) is 11.3 Å². The first-order valence-electron chi connectivity index (χ1n) is 5.25. The third-order valence-corrected chi connectivity index (χ3v) is 4.07. The van der Waals surface area contributed by atoms with Crippen molar-refractivity contribution in [1.82, 2.24) is 0 Å². The largest absolute Gasteiger partial charge is 0.591 e. The van der Waals surface area contributed by atoms with Crippen molar-refractivity contribution in [1.29, 1.82) is 0 Å². The summed E-state index contributed by atoms with van der Waals surface area (Å²) < 4.78 is 42.5. The van der Waals surface area contributed by atoms with Gasteiger partial charge in [-0.05, 0) is 39.8 Å². The Hall–Kier alpha value is -0.460. The SMILES string of the molecule is C/C(=N\[S+]([O-])C(C)(C)C)c1cc(Br)cc(F)c1F. The monoisotopic (exact) mass is 337 g/mol. The third kappa shape index (κ3) is 3.76. The molecule has 18 heavy (non-hydrogen) atoms. The Balaban J connectivity index is 3.19. The average molecular weight is 338 g/mol. The summed E-state index contributed by atoms with van der Waals surface area (Å²) >= 11 is 1.58. The Labute approximate surface area is 117 Å². The highest BCUT2D eigenvalue weighted by Crippen LogP contribution is 2.22. The molecule has 2 nitrogen and oxygen atoms in total. The van der Waals surface area contributed by atoms with Gasteiger partial charge in [0.15, 0.2) is 11.6 Å². The van der Waals surface area contributed by atoms with Crippen molar-refractivity contribution >= 4 is 33.0 Å². The van der Waals surface area contributed by atoms with Gasteiger partial charge in [0.25, 0.3) is 0 Å². The van der Waals surface area contributed by atoms with Gasteiger partial charge in [-0.2, -0.15) is 0 Å². The number of hydrogen-bond donors (Lipinski definition) is 0. The molecule has 0 fully saturated rings. The van der Waals surface area contributed by atoms with Crippen molar-refractivity contribution in [2.24, 2.45) is 4.40 Å². The highest BCUT2D eigenvalue weighted by atomic mass is 79.9. The molecule has 0 saturated carbocycles. The molecule has 1 aromatic carbocycles. The van der Waals surface area contributed by atoms with Gasteiger partial charge in [0.2, 0.25) is 0 Å². The summed E-state index contributed by atoms with van der Waals surface area (Å²) in [5, 5.41) is 0. The molecule has 0 N–H and O–H groups in total. The molecule has 0 aliphatic rings. The van der Waals surface area contributed by atoms with E-state index in [9.17, 15) is 13.3 Å². The van der Waals surface area contributed by atoms with Crippen molar-refractivity contribution in [3.63, 3.8) is 0 Å². The van der Waals surface area contributed by atoms with Gasteiger partial charge in [-0.1, -0.05) is 20.3 Å². The van der Waals surface area contributed by atoms with Gasteiger partial charge in [0.1, 0.15) is 16.1 Å². The fourth-order valence-corrected chi connectivity index (χ4v) is 2.18. The first-order chi connectivity index (χ1) is 8.12. The first-order valence-corrected chi connectivity index (χ1v) is 7.15. The lowest BCUT2D eigenvalue weighted by Crippen LogP contribution is -2.26. The molecule has 0 heterocycles. The maximum Gasteiger partial charge on any atom is 0.168 e. The highest BCUT2D eigenvalue weighted by molar-refractivity contribution is 9.10. The van der Waals surface area contributed by atoms with Crippen molar-refractivity contribution < 1.29 is 13.3 Å². The minimum Gasteiger partial charge on any atom is -0.591 e. The number of hydrogen-bond acceptors (Lipinski definition) is 2. The standard InChI is InChI=1S/C12H14BrF2NOS/c1-7(16-18(17)12(2,3)4)9-5-8(13)6-10(14)11(9)15/h5-6H,1-4H3/b16-7+. The van der Waals surface area contributed by atoms with E-state index in [1.54, 1.807) is 20.8 Å². The fourth-order valence-electron chi connectivity index (χ4n) is 1.13. The molecule has 0 amide bonds. The van der Waals surface area contributed by atoms with E-state index in [4.69, 9.17) is 0 Å². The molecule has 1 aromatic rings. The van der Waals surface area contributed by atoms with Gasteiger partial charge in [0, 0.05) is 10.0 Å².